The molecular formula is C14H22N4O3. The third-order valence-electron chi connectivity index (χ3n) is 3.63. The standard InChI is InChI=1S/C14H22N4O3/c1-10-8-12(21-17-10)14(20)18-7-3-2-4-11(18)9-16-13(19)5-6-15/h8,11H,2-7,9,15H2,1H3,(H,16,19). The highest BCUT2D eigenvalue weighted by molar-refractivity contribution is 5.91. The van der Waals surface area contributed by atoms with Crippen LogP contribution in [0.4, 0.5) is 0 Å². The Bertz CT molecular complexity index is 500. The molecular weight excluding hydrogens is 272 g/mol. The molecule has 0 aromatic carbocycles. The van der Waals surface area contributed by atoms with E-state index in [9.17, 15) is 9.59 Å². The average Bonchev–Trinajstić information content (AvgIpc) is 2.91. The number of nitrogens with one attached hydrogen (secondary N) is 1. The van der Waals surface area contributed by atoms with Crippen LogP contribution in [-0.4, -0.2) is 47.5 Å². The van der Waals surface area contributed by atoms with Crippen LogP contribution in [0.3, 0.4) is 0 Å². The summed E-state index contributed by atoms with van der Waals surface area (Å²) in [6, 6.07) is 1.64. The Hall–Kier alpha value is -1.89. The maximum absolute atomic E-state index is 12.5. The first-order valence-electron chi connectivity index (χ1n) is 7.33. The van der Waals surface area contributed by atoms with E-state index in [0.29, 0.717) is 31.7 Å². The fourth-order valence-electron chi connectivity index (χ4n) is 2.54. The van der Waals surface area contributed by atoms with Gasteiger partial charge >= 0.3 is 0 Å². The first kappa shape index (κ1) is 15.5. The molecule has 21 heavy (non-hydrogen) atoms. The number of aryl methyl sites for hydroxylation is 1. The zero-order valence-corrected chi connectivity index (χ0v) is 12.3. The van der Waals surface area contributed by atoms with E-state index in [1.165, 1.54) is 0 Å². The molecule has 1 aromatic rings. The van der Waals surface area contributed by atoms with Gasteiger partial charge in [0.1, 0.15) is 0 Å². The molecule has 1 atom stereocenters. The van der Waals surface area contributed by atoms with Gasteiger partial charge in [-0.2, -0.15) is 0 Å². The second-order valence-electron chi connectivity index (χ2n) is 5.32. The molecule has 1 aliphatic heterocycles. The van der Waals surface area contributed by atoms with Gasteiger partial charge in [-0.05, 0) is 26.2 Å². The second-order valence-corrected chi connectivity index (χ2v) is 5.32. The highest BCUT2D eigenvalue weighted by atomic mass is 16.5. The fourth-order valence-corrected chi connectivity index (χ4v) is 2.54. The van der Waals surface area contributed by atoms with Crippen molar-refractivity contribution in [3.8, 4) is 0 Å². The van der Waals surface area contributed by atoms with Crippen LogP contribution in [0, 0.1) is 6.92 Å². The number of likely N-dealkylation sites (tertiary alicyclic amines) is 1. The number of carbonyl (C=O) groups excluding carboxylic acids is 2. The number of rotatable bonds is 5. The Morgan fingerprint density at radius 1 is 1.52 bits per heavy atom. The number of nitrogens with zero attached hydrogens (tertiary/aromatic N) is 2. The van der Waals surface area contributed by atoms with Crippen molar-refractivity contribution in [2.45, 2.75) is 38.6 Å². The summed E-state index contributed by atoms with van der Waals surface area (Å²) in [5.74, 6) is 0.0204. The molecule has 2 heterocycles. The number of hydrogen-bond donors (Lipinski definition) is 2. The number of hydrogen-bond acceptors (Lipinski definition) is 5. The molecule has 2 amide bonds. The Labute approximate surface area is 123 Å². The Morgan fingerprint density at radius 3 is 3.00 bits per heavy atom. The lowest BCUT2D eigenvalue weighted by molar-refractivity contribution is -0.121. The highest BCUT2D eigenvalue weighted by Crippen LogP contribution is 2.19. The molecule has 0 radical (unpaired) electrons. The Morgan fingerprint density at radius 2 is 2.33 bits per heavy atom. The van der Waals surface area contributed by atoms with Crippen LogP contribution in [0.25, 0.3) is 0 Å². The first-order chi connectivity index (χ1) is 10.1. The number of amides is 2. The fraction of sp³-hybridized carbons (Fsp3) is 0.643. The van der Waals surface area contributed by atoms with Crippen LogP contribution >= 0.6 is 0 Å². The van der Waals surface area contributed by atoms with E-state index in [-0.39, 0.29) is 23.6 Å². The van der Waals surface area contributed by atoms with Gasteiger partial charge in [0.05, 0.1) is 5.69 Å². The van der Waals surface area contributed by atoms with Crippen molar-refractivity contribution >= 4 is 11.8 Å². The van der Waals surface area contributed by atoms with Crippen molar-refractivity contribution in [3.05, 3.63) is 17.5 Å². The quantitative estimate of drug-likeness (QED) is 0.820. The van der Waals surface area contributed by atoms with Gasteiger partial charge in [0, 0.05) is 38.2 Å². The van der Waals surface area contributed by atoms with Crippen LogP contribution < -0.4 is 11.1 Å². The normalized spacial score (nSPS) is 18.6. The van der Waals surface area contributed by atoms with Gasteiger partial charge in [0.25, 0.3) is 5.91 Å². The van der Waals surface area contributed by atoms with Crippen molar-refractivity contribution < 1.29 is 14.1 Å². The van der Waals surface area contributed by atoms with Gasteiger partial charge in [-0.15, -0.1) is 0 Å². The highest BCUT2D eigenvalue weighted by Gasteiger charge is 2.29. The van der Waals surface area contributed by atoms with Crippen LogP contribution in [0.5, 0.6) is 0 Å². The van der Waals surface area contributed by atoms with Crippen molar-refractivity contribution in [2.75, 3.05) is 19.6 Å². The van der Waals surface area contributed by atoms with E-state index in [4.69, 9.17) is 10.3 Å². The van der Waals surface area contributed by atoms with Gasteiger partial charge in [0.2, 0.25) is 11.7 Å². The molecule has 3 N–H and O–H groups in total. The maximum Gasteiger partial charge on any atom is 0.292 e. The van der Waals surface area contributed by atoms with Crippen molar-refractivity contribution in [3.63, 3.8) is 0 Å². The monoisotopic (exact) mass is 294 g/mol. The summed E-state index contributed by atoms with van der Waals surface area (Å²) in [5.41, 5.74) is 6.03. The molecule has 1 unspecified atom stereocenters. The van der Waals surface area contributed by atoms with E-state index in [1.54, 1.807) is 17.9 Å². The summed E-state index contributed by atoms with van der Waals surface area (Å²) in [4.78, 5) is 25.7. The zero-order chi connectivity index (χ0) is 15.2. The van der Waals surface area contributed by atoms with Crippen molar-refractivity contribution in [1.82, 2.24) is 15.4 Å². The summed E-state index contributed by atoms with van der Waals surface area (Å²) < 4.78 is 5.05. The van der Waals surface area contributed by atoms with E-state index >= 15 is 0 Å². The molecule has 7 nitrogen and oxygen atoms in total. The van der Waals surface area contributed by atoms with Crippen LogP contribution in [0.15, 0.2) is 10.6 Å². The summed E-state index contributed by atoms with van der Waals surface area (Å²) in [5, 5.41) is 6.59. The molecule has 7 heteroatoms. The van der Waals surface area contributed by atoms with E-state index in [1.807, 2.05) is 0 Å². The lowest BCUT2D eigenvalue weighted by Gasteiger charge is -2.35. The Kier molecular flexibility index (Phi) is 5.32. The second kappa shape index (κ2) is 7.21. The van der Waals surface area contributed by atoms with Crippen LogP contribution in [0.2, 0.25) is 0 Å². The van der Waals surface area contributed by atoms with Gasteiger partial charge in [-0.1, -0.05) is 5.16 Å². The van der Waals surface area contributed by atoms with E-state index in [0.717, 1.165) is 19.3 Å². The largest absolute Gasteiger partial charge is 0.354 e. The zero-order valence-electron chi connectivity index (χ0n) is 12.3. The first-order valence-corrected chi connectivity index (χ1v) is 7.33. The van der Waals surface area contributed by atoms with Gasteiger partial charge in [-0.3, -0.25) is 9.59 Å². The summed E-state index contributed by atoms with van der Waals surface area (Å²) in [6.45, 7) is 3.24. The van der Waals surface area contributed by atoms with E-state index in [2.05, 4.69) is 10.5 Å². The molecule has 1 fully saturated rings. The summed E-state index contributed by atoms with van der Waals surface area (Å²) in [7, 11) is 0. The third-order valence-corrected chi connectivity index (χ3v) is 3.63. The molecule has 116 valence electrons. The van der Waals surface area contributed by atoms with Crippen LogP contribution in [0.1, 0.15) is 41.9 Å². The molecule has 0 bridgehead atoms. The van der Waals surface area contributed by atoms with Gasteiger partial charge in [0.15, 0.2) is 0 Å². The molecule has 2 rings (SSSR count). The molecule has 1 aliphatic rings. The minimum Gasteiger partial charge on any atom is -0.354 e. The molecule has 1 aromatic heterocycles. The Balaban J connectivity index is 1.98. The predicted octanol–water partition coefficient (Wildman–Crippen LogP) is 0.443. The minimum absolute atomic E-state index is 0.00150. The lowest BCUT2D eigenvalue weighted by atomic mass is 10.0. The summed E-state index contributed by atoms with van der Waals surface area (Å²) in [6.07, 6.45) is 3.20. The van der Waals surface area contributed by atoms with Gasteiger partial charge < -0.3 is 20.5 Å². The number of carbonyl (C=O) groups is 2. The molecule has 1 saturated heterocycles. The topological polar surface area (TPSA) is 101 Å². The van der Waals surface area contributed by atoms with Crippen molar-refractivity contribution in [1.29, 1.82) is 0 Å². The van der Waals surface area contributed by atoms with Crippen molar-refractivity contribution in [2.24, 2.45) is 5.73 Å². The SMILES string of the molecule is Cc1cc(C(=O)N2CCCCC2CNC(=O)CCN)on1. The number of aromatic nitrogens is 1. The minimum atomic E-state index is -0.159. The molecule has 0 aliphatic carbocycles. The maximum atomic E-state index is 12.5. The predicted molar refractivity (Wildman–Crippen MR) is 76.6 cm³/mol. The lowest BCUT2D eigenvalue weighted by Crippen LogP contribution is -2.49. The number of piperidine rings is 1. The number of nitrogens with two attached hydrogens (primary N) is 1. The summed E-state index contributed by atoms with van der Waals surface area (Å²) >= 11 is 0. The average molecular weight is 294 g/mol. The third kappa shape index (κ3) is 4.04. The van der Waals surface area contributed by atoms with E-state index < -0.39 is 0 Å². The molecule has 0 spiro atoms. The molecule has 0 saturated carbocycles. The van der Waals surface area contributed by atoms with Crippen LogP contribution in [-0.2, 0) is 4.79 Å². The van der Waals surface area contributed by atoms with Gasteiger partial charge in [-0.25, -0.2) is 0 Å². The smallest absolute Gasteiger partial charge is 0.292 e.